The lowest BCUT2D eigenvalue weighted by molar-refractivity contribution is 0.0746. The maximum atomic E-state index is 12.7. The van der Waals surface area contributed by atoms with Gasteiger partial charge in [0, 0.05) is 58.3 Å². The summed E-state index contributed by atoms with van der Waals surface area (Å²) in [7, 11) is 1.69. The molecule has 6 nitrogen and oxygen atoms in total. The van der Waals surface area contributed by atoms with Crippen LogP contribution in [0.3, 0.4) is 0 Å². The summed E-state index contributed by atoms with van der Waals surface area (Å²) in [6.45, 7) is 4.67. The molecule has 1 aliphatic heterocycles. The van der Waals surface area contributed by atoms with Crippen LogP contribution in [0.25, 0.3) is 0 Å². The SMILES string of the molecule is COCCCNc1ccc(C(=O)N2CCN(c3ccccc3)CC2)cn1. The van der Waals surface area contributed by atoms with E-state index in [1.54, 1.807) is 13.3 Å². The van der Waals surface area contributed by atoms with Crippen LogP contribution in [0.15, 0.2) is 48.7 Å². The summed E-state index contributed by atoms with van der Waals surface area (Å²) < 4.78 is 5.02. The zero-order valence-electron chi connectivity index (χ0n) is 15.2. The Bertz CT molecular complexity index is 683. The topological polar surface area (TPSA) is 57.7 Å². The van der Waals surface area contributed by atoms with Gasteiger partial charge in [-0.05, 0) is 30.7 Å². The van der Waals surface area contributed by atoms with Crippen molar-refractivity contribution < 1.29 is 9.53 Å². The first kappa shape index (κ1) is 18.2. The molecule has 2 heterocycles. The van der Waals surface area contributed by atoms with Crippen molar-refractivity contribution in [3.8, 4) is 0 Å². The molecular formula is C20H26N4O2. The lowest BCUT2D eigenvalue weighted by Gasteiger charge is -2.36. The molecule has 1 aromatic heterocycles. The molecule has 6 heteroatoms. The normalized spacial score (nSPS) is 14.3. The van der Waals surface area contributed by atoms with Gasteiger partial charge in [-0.2, -0.15) is 0 Å². The smallest absolute Gasteiger partial charge is 0.255 e. The van der Waals surface area contributed by atoms with E-state index >= 15 is 0 Å². The van der Waals surface area contributed by atoms with Crippen LogP contribution in [0.4, 0.5) is 11.5 Å². The summed E-state index contributed by atoms with van der Waals surface area (Å²) in [4.78, 5) is 21.2. The minimum Gasteiger partial charge on any atom is -0.385 e. The molecule has 0 saturated carbocycles. The fourth-order valence-electron chi connectivity index (χ4n) is 3.05. The van der Waals surface area contributed by atoms with Crippen LogP contribution in [0, 0.1) is 0 Å². The van der Waals surface area contributed by atoms with Crippen molar-refractivity contribution in [1.29, 1.82) is 0 Å². The van der Waals surface area contributed by atoms with Gasteiger partial charge in [-0.1, -0.05) is 18.2 Å². The van der Waals surface area contributed by atoms with Gasteiger partial charge in [0.2, 0.25) is 0 Å². The number of anilines is 2. The molecule has 0 radical (unpaired) electrons. The van der Waals surface area contributed by atoms with Gasteiger partial charge < -0.3 is 19.9 Å². The number of nitrogens with one attached hydrogen (secondary N) is 1. The Hall–Kier alpha value is -2.60. The number of carbonyl (C=O) groups excluding carboxylic acids is 1. The number of ether oxygens (including phenoxy) is 1. The number of methoxy groups -OCH3 is 1. The van der Waals surface area contributed by atoms with E-state index in [1.165, 1.54) is 5.69 Å². The fourth-order valence-corrected chi connectivity index (χ4v) is 3.05. The van der Waals surface area contributed by atoms with Crippen LogP contribution in [0.5, 0.6) is 0 Å². The van der Waals surface area contributed by atoms with E-state index in [0.717, 1.165) is 51.6 Å². The molecule has 0 atom stereocenters. The average molecular weight is 354 g/mol. The van der Waals surface area contributed by atoms with Crippen molar-refractivity contribution in [2.75, 3.05) is 56.7 Å². The predicted octanol–water partition coefficient (Wildman–Crippen LogP) is 2.49. The highest BCUT2D eigenvalue weighted by Crippen LogP contribution is 2.17. The Balaban J connectivity index is 1.50. The summed E-state index contributed by atoms with van der Waals surface area (Å²) >= 11 is 0. The lowest BCUT2D eigenvalue weighted by Crippen LogP contribution is -2.48. The number of amides is 1. The van der Waals surface area contributed by atoms with Crippen LogP contribution < -0.4 is 10.2 Å². The number of hydrogen-bond donors (Lipinski definition) is 1. The van der Waals surface area contributed by atoms with E-state index in [1.807, 2.05) is 35.2 Å². The Morgan fingerprint density at radius 3 is 2.54 bits per heavy atom. The average Bonchev–Trinajstić information content (AvgIpc) is 2.72. The third-order valence-electron chi connectivity index (χ3n) is 4.53. The first-order valence-corrected chi connectivity index (χ1v) is 9.06. The molecule has 0 aliphatic carbocycles. The molecule has 1 N–H and O–H groups in total. The molecule has 2 aromatic rings. The molecule has 1 fully saturated rings. The van der Waals surface area contributed by atoms with Gasteiger partial charge in [0.05, 0.1) is 5.56 Å². The van der Waals surface area contributed by atoms with E-state index in [2.05, 4.69) is 27.3 Å². The number of aromatic nitrogens is 1. The molecule has 0 bridgehead atoms. The number of pyridine rings is 1. The van der Waals surface area contributed by atoms with Crippen LogP contribution >= 0.6 is 0 Å². The number of nitrogens with zero attached hydrogens (tertiary/aromatic N) is 3. The van der Waals surface area contributed by atoms with E-state index in [-0.39, 0.29) is 5.91 Å². The van der Waals surface area contributed by atoms with Crippen molar-refractivity contribution >= 4 is 17.4 Å². The molecular weight excluding hydrogens is 328 g/mol. The van der Waals surface area contributed by atoms with Gasteiger partial charge in [0.1, 0.15) is 5.82 Å². The van der Waals surface area contributed by atoms with E-state index in [9.17, 15) is 4.79 Å². The number of hydrogen-bond acceptors (Lipinski definition) is 5. The number of para-hydroxylation sites is 1. The van der Waals surface area contributed by atoms with E-state index in [0.29, 0.717) is 5.56 Å². The predicted molar refractivity (Wildman–Crippen MR) is 104 cm³/mol. The zero-order chi connectivity index (χ0) is 18.2. The highest BCUT2D eigenvalue weighted by atomic mass is 16.5. The summed E-state index contributed by atoms with van der Waals surface area (Å²) in [5.41, 5.74) is 1.85. The van der Waals surface area contributed by atoms with Crippen LogP contribution in [-0.2, 0) is 4.74 Å². The van der Waals surface area contributed by atoms with Crippen molar-refractivity contribution in [3.05, 3.63) is 54.2 Å². The maximum absolute atomic E-state index is 12.7. The third-order valence-corrected chi connectivity index (χ3v) is 4.53. The first-order valence-electron chi connectivity index (χ1n) is 9.06. The second-order valence-electron chi connectivity index (χ2n) is 6.32. The minimum atomic E-state index is 0.0520. The molecule has 0 spiro atoms. The van der Waals surface area contributed by atoms with Gasteiger partial charge in [0.25, 0.3) is 5.91 Å². The Morgan fingerprint density at radius 2 is 1.88 bits per heavy atom. The van der Waals surface area contributed by atoms with Crippen molar-refractivity contribution in [2.45, 2.75) is 6.42 Å². The highest BCUT2D eigenvalue weighted by Gasteiger charge is 2.22. The molecule has 1 aliphatic rings. The summed E-state index contributed by atoms with van der Waals surface area (Å²) in [5, 5.41) is 3.23. The number of benzene rings is 1. The van der Waals surface area contributed by atoms with Gasteiger partial charge in [-0.25, -0.2) is 4.98 Å². The standard InChI is InChI=1S/C20H26N4O2/c1-26-15-5-10-21-19-9-8-17(16-22-19)20(25)24-13-11-23(12-14-24)18-6-3-2-4-7-18/h2-4,6-9,16H,5,10-15H2,1H3,(H,21,22). The maximum Gasteiger partial charge on any atom is 0.255 e. The second-order valence-corrected chi connectivity index (χ2v) is 6.32. The summed E-state index contributed by atoms with van der Waals surface area (Å²) in [5.74, 6) is 0.836. The molecule has 1 aromatic carbocycles. The summed E-state index contributed by atoms with van der Waals surface area (Å²) in [6, 6.07) is 14.0. The number of carbonyl (C=O) groups is 1. The third kappa shape index (κ3) is 4.73. The molecule has 1 amide bonds. The van der Waals surface area contributed by atoms with Crippen LogP contribution in [0.2, 0.25) is 0 Å². The molecule has 138 valence electrons. The van der Waals surface area contributed by atoms with Crippen LogP contribution in [-0.4, -0.2) is 62.2 Å². The highest BCUT2D eigenvalue weighted by molar-refractivity contribution is 5.94. The zero-order valence-corrected chi connectivity index (χ0v) is 15.2. The Kier molecular flexibility index (Phi) is 6.44. The monoisotopic (exact) mass is 354 g/mol. The fraction of sp³-hybridized carbons (Fsp3) is 0.400. The Morgan fingerprint density at radius 1 is 1.12 bits per heavy atom. The van der Waals surface area contributed by atoms with Gasteiger partial charge in [0.15, 0.2) is 0 Å². The number of piperazine rings is 1. The van der Waals surface area contributed by atoms with E-state index in [4.69, 9.17) is 4.74 Å². The molecule has 3 rings (SSSR count). The van der Waals surface area contributed by atoms with E-state index < -0.39 is 0 Å². The van der Waals surface area contributed by atoms with Crippen molar-refractivity contribution in [1.82, 2.24) is 9.88 Å². The molecule has 0 unspecified atom stereocenters. The quantitative estimate of drug-likeness (QED) is 0.774. The number of rotatable bonds is 7. The second kappa shape index (κ2) is 9.20. The van der Waals surface area contributed by atoms with Gasteiger partial charge in [-0.15, -0.1) is 0 Å². The lowest BCUT2D eigenvalue weighted by atomic mass is 10.2. The van der Waals surface area contributed by atoms with Gasteiger partial charge >= 0.3 is 0 Å². The molecule has 1 saturated heterocycles. The van der Waals surface area contributed by atoms with Crippen LogP contribution in [0.1, 0.15) is 16.8 Å². The minimum absolute atomic E-state index is 0.0520. The largest absolute Gasteiger partial charge is 0.385 e. The van der Waals surface area contributed by atoms with Crippen molar-refractivity contribution in [2.24, 2.45) is 0 Å². The molecule has 26 heavy (non-hydrogen) atoms. The Labute approximate surface area is 154 Å². The first-order chi connectivity index (χ1) is 12.8. The summed E-state index contributed by atoms with van der Waals surface area (Å²) in [6.07, 6.45) is 2.58. The van der Waals surface area contributed by atoms with Gasteiger partial charge in [-0.3, -0.25) is 4.79 Å². The van der Waals surface area contributed by atoms with Crippen molar-refractivity contribution in [3.63, 3.8) is 0 Å².